The van der Waals surface area contributed by atoms with Gasteiger partial charge in [0.15, 0.2) is 0 Å². The quantitative estimate of drug-likeness (QED) is 0.637. The van der Waals surface area contributed by atoms with E-state index in [2.05, 4.69) is 21.5 Å². The molecule has 1 aliphatic rings. The van der Waals surface area contributed by atoms with Crippen molar-refractivity contribution in [1.29, 1.82) is 0 Å². The van der Waals surface area contributed by atoms with Gasteiger partial charge in [-0.1, -0.05) is 18.2 Å². The van der Waals surface area contributed by atoms with Gasteiger partial charge in [-0.15, -0.1) is 0 Å². The van der Waals surface area contributed by atoms with Crippen LogP contribution in [-0.2, 0) is 18.3 Å². The largest absolute Gasteiger partial charge is 0.393 e. The molecule has 1 saturated carbocycles. The van der Waals surface area contributed by atoms with Gasteiger partial charge in [0.1, 0.15) is 0 Å². The highest BCUT2D eigenvalue weighted by Crippen LogP contribution is 2.38. The molecule has 0 spiro atoms. The van der Waals surface area contributed by atoms with Crippen molar-refractivity contribution in [1.82, 2.24) is 20.1 Å². The number of aromatic amines is 1. The van der Waals surface area contributed by atoms with E-state index < -0.39 is 0 Å². The molecule has 1 aromatic carbocycles. The second-order valence-electron chi connectivity index (χ2n) is 7.24. The van der Waals surface area contributed by atoms with Crippen molar-refractivity contribution in [3.8, 4) is 0 Å². The van der Waals surface area contributed by atoms with Crippen LogP contribution in [0.1, 0.15) is 36.4 Å². The Labute approximate surface area is 152 Å². The lowest BCUT2D eigenvalue weighted by Gasteiger charge is -2.37. The first-order valence-corrected chi connectivity index (χ1v) is 9.11. The van der Waals surface area contributed by atoms with Crippen molar-refractivity contribution in [3.63, 3.8) is 0 Å². The number of aromatic nitrogens is 3. The molecule has 1 amide bonds. The molecule has 1 aliphatic carbocycles. The predicted molar refractivity (Wildman–Crippen MR) is 99.4 cm³/mol. The summed E-state index contributed by atoms with van der Waals surface area (Å²) in [5.41, 5.74) is 3.26. The van der Waals surface area contributed by atoms with Crippen LogP contribution in [0.4, 0.5) is 0 Å². The molecule has 1 atom stereocenters. The molecule has 3 aromatic rings. The predicted octanol–water partition coefficient (Wildman–Crippen LogP) is 2.46. The summed E-state index contributed by atoms with van der Waals surface area (Å²) in [5.74, 6) is 0.303. The lowest BCUT2D eigenvalue weighted by molar-refractivity contribution is -0.123. The fourth-order valence-electron chi connectivity index (χ4n) is 3.81. The van der Waals surface area contributed by atoms with E-state index in [9.17, 15) is 9.90 Å². The molecule has 136 valence electrons. The van der Waals surface area contributed by atoms with Crippen LogP contribution in [0.3, 0.4) is 0 Å². The molecule has 0 radical (unpaired) electrons. The van der Waals surface area contributed by atoms with Gasteiger partial charge >= 0.3 is 0 Å². The number of aryl methyl sites for hydroxylation is 2. The Morgan fingerprint density at radius 1 is 1.42 bits per heavy atom. The Balaban J connectivity index is 1.41. The molecule has 0 bridgehead atoms. The summed E-state index contributed by atoms with van der Waals surface area (Å²) in [6.45, 7) is 0. The lowest BCUT2D eigenvalue weighted by Crippen LogP contribution is -2.41. The minimum Gasteiger partial charge on any atom is -0.393 e. The number of nitrogens with one attached hydrogen (secondary N) is 2. The van der Waals surface area contributed by atoms with Gasteiger partial charge in [-0.25, -0.2) is 0 Å². The van der Waals surface area contributed by atoms with Crippen molar-refractivity contribution in [2.45, 2.75) is 37.8 Å². The third kappa shape index (κ3) is 3.37. The van der Waals surface area contributed by atoms with Crippen LogP contribution in [0.25, 0.3) is 10.9 Å². The molecule has 0 aliphatic heterocycles. The van der Waals surface area contributed by atoms with Gasteiger partial charge in [0.05, 0.1) is 18.3 Å². The maximum atomic E-state index is 12.6. The molecule has 2 aromatic heterocycles. The molecular weight excluding hydrogens is 328 g/mol. The fourth-order valence-corrected chi connectivity index (χ4v) is 3.81. The molecule has 4 rings (SSSR count). The average molecular weight is 352 g/mol. The topological polar surface area (TPSA) is 82.9 Å². The molecule has 1 fully saturated rings. The van der Waals surface area contributed by atoms with Gasteiger partial charge in [0.25, 0.3) is 0 Å². The number of benzene rings is 1. The van der Waals surface area contributed by atoms with E-state index in [1.807, 2.05) is 37.6 Å². The summed E-state index contributed by atoms with van der Waals surface area (Å²) >= 11 is 0. The number of aliphatic hydroxyl groups excluding tert-OH is 1. The molecule has 0 unspecified atom stereocenters. The number of rotatable bonds is 6. The van der Waals surface area contributed by atoms with Crippen LogP contribution in [0, 0.1) is 5.92 Å². The summed E-state index contributed by atoms with van der Waals surface area (Å²) in [6, 6.07) is 8.05. The number of hydrogen-bond donors (Lipinski definition) is 3. The first-order valence-electron chi connectivity index (χ1n) is 9.11. The smallest absolute Gasteiger partial charge is 0.220 e. The summed E-state index contributed by atoms with van der Waals surface area (Å²) in [6.07, 6.45) is 8.06. The Bertz CT molecular complexity index is 907. The van der Waals surface area contributed by atoms with Gasteiger partial charge in [0.2, 0.25) is 5.91 Å². The lowest BCUT2D eigenvalue weighted by atomic mass is 9.75. The molecule has 26 heavy (non-hydrogen) atoms. The van der Waals surface area contributed by atoms with Crippen molar-refractivity contribution in [2.75, 3.05) is 0 Å². The molecule has 3 N–H and O–H groups in total. The third-order valence-electron chi connectivity index (χ3n) is 5.32. The summed E-state index contributed by atoms with van der Waals surface area (Å²) in [7, 11) is 1.87. The van der Waals surface area contributed by atoms with E-state index in [0.717, 1.165) is 29.5 Å². The highest BCUT2D eigenvalue weighted by atomic mass is 16.3. The molecular formula is C20H24N4O2. The number of aliphatic hydroxyl groups is 1. The minimum atomic E-state index is -0.248. The van der Waals surface area contributed by atoms with Crippen LogP contribution >= 0.6 is 0 Å². The Morgan fingerprint density at radius 3 is 2.96 bits per heavy atom. The summed E-state index contributed by atoms with van der Waals surface area (Å²) in [5, 5.41) is 18.2. The zero-order valence-electron chi connectivity index (χ0n) is 14.9. The van der Waals surface area contributed by atoms with E-state index in [4.69, 9.17) is 0 Å². The SMILES string of the molecule is Cn1cc([C@@H](NC(=O)CCc2c[nH]c3ccccc23)C2CC(O)C2)cn1. The first kappa shape index (κ1) is 16.8. The molecule has 6 nitrogen and oxygen atoms in total. The second-order valence-corrected chi connectivity index (χ2v) is 7.24. The maximum Gasteiger partial charge on any atom is 0.220 e. The standard InChI is InChI=1S/C20H24N4O2/c1-24-12-15(11-22-24)20(14-8-16(25)9-14)23-19(26)7-6-13-10-21-18-5-3-2-4-17(13)18/h2-5,10-12,14,16,20-21,25H,6-9H2,1H3,(H,23,26)/t14?,16?,20-/m0/s1. The van der Waals surface area contributed by atoms with E-state index in [-0.39, 0.29) is 24.0 Å². The number of fused-ring (bicyclic) bond motifs is 1. The highest BCUT2D eigenvalue weighted by Gasteiger charge is 2.36. The Morgan fingerprint density at radius 2 is 2.23 bits per heavy atom. The number of carbonyl (C=O) groups excluding carboxylic acids is 1. The van der Waals surface area contributed by atoms with E-state index in [1.165, 1.54) is 5.39 Å². The van der Waals surface area contributed by atoms with Crippen LogP contribution in [0.5, 0.6) is 0 Å². The summed E-state index contributed by atoms with van der Waals surface area (Å²) in [4.78, 5) is 15.8. The van der Waals surface area contributed by atoms with Gasteiger partial charge in [-0.2, -0.15) is 5.10 Å². The minimum absolute atomic E-state index is 0.0329. The normalized spacial score (nSPS) is 20.7. The van der Waals surface area contributed by atoms with Crippen LogP contribution < -0.4 is 5.32 Å². The molecule has 2 heterocycles. The van der Waals surface area contributed by atoms with Gasteiger partial charge < -0.3 is 15.4 Å². The summed E-state index contributed by atoms with van der Waals surface area (Å²) < 4.78 is 1.75. The van der Waals surface area contributed by atoms with Crippen molar-refractivity contribution < 1.29 is 9.90 Å². The molecule has 0 saturated heterocycles. The van der Waals surface area contributed by atoms with E-state index in [0.29, 0.717) is 12.8 Å². The number of H-pyrrole nitrogens is 1. The second kappa shape index (κ2) is 6.96. The molecule has 6 heteroatoms. The van der Waals surface area contributed by atoms with Crippen molar-refractivity contribution in [2.24, 2.45) is 13.0 Å². The van der Waals surface area contributed by atoms with Crippen molar-refractivity contribution >= 4 is 16.8 Å². The first-order chi connectivity index (χ1) is 12.6. The number of para-hydroxylation sites is 1. The van der Waals surface area contributed by atoms with Crippen molar-refractivity contribution in [3.05, 3.63) is 54.0 Å². The van der Waals surface area contributed by atoms with Crippen LogP contribution in [0.15, 0.2) is 42.9 Å². The average Bonchev–Trinajstić information content (AvgIpc) is 3.22. The van der Waals surface area contributed by atoms with E-state index >= 15 is 0 Å². The number of nitrogens with zero attached hydrogens (tertiary/aromatic N) is 2. The maximum absolute atomic E-state index is 12.6. The number of amides is 1. The van der Waals surface area contributed by atoms with Crippen LogP contribution in [-0.4, -0.2) is 31.9 Å². The van der Waals surface area contributed by atoms with E-state index in [1.54, 1.807) is 10.9 Å². The van der Waals surface area contributed by atoms with Gasteiger partial charge in [-0.3, -0.25) is 9.48 Å². The zero-order valence-corrected chi connectivity index (χ0v) is 14.9. The van der Waals surface area contributed by atoms with Gasteiger partial charge in [0, 0.05) is 42.3 Å². The monoisotopic (exact) mass is 352 g/mol. The fraction of sp³-hybridized carbons (Fsp3) is 0.400. The van der Waals surface area contributed by atoms with Crippen LogP contribution in [0.2, 0.25) is 0 Å². The number of hydrogen-bond acceptors (Lipinski definition) is 3. The number of carbonyl (C=O) groups is 1. The van der Waals surface area contributed by atoms with Gasteiger partial charge in [-0.05, 0) is 36.8 Å². The Hall–Kier alpha value is -2.60. The Kier molecular flexibility index (Phi) is 4.51. The zero-order chi connectivity index (χ0) is 18.1. The highest BCUT2D eigenvalue weighted by molar-refractivity contribution is 5.84. The third-order valence-corrected chi connectivity index (χ3v) is 5.32.